The summed E-state index contributed by atoms with van der Waals surface area (Å²) in [5.41, 5.74) is 7.78. The van der Waals surface area contributed by atoms with E-state index < -0.39 is 0 Å². The van der Waals surface area contributed by atoms with E-state index in [1.54, 1.807) is 0 Å². The third-order valence-corrected chi connectivity index (χ3v) is 3.90. The lowest BCUT2D eigenvalue weighted by Crippen LogP contribution is -1.96. The Morgan fingerprint density at radius 2 is 1.84 bits per heavy atom. The third kappa shape index (κ3) is 2.95. The van der Waals surface area contributed by atoms with E-state index >= 15 is 0 Å². The van der Waals surface area contributed by atoms with Gasteiger partial charge in [-0.3, -0.25) is 5.10 Å². The Morgan fingerprint density at radius 1 is 1.11 bits per heavy atom. The average molecular weight is 256 g/mol. The van der Waals surface area contributed by atoms with E-state index in [1.165, 1.54) is 31.2 Å². The van der Waals surface area contributed by atoms with Gasteiger partial charge < -0.3 is 5.73 Å². The number of anilines is 1. The molecule has 100 valence electrons. The first-order chi connectivity index (χ1) is 9.31. The first-order valence-corrected chi connectivity index (χ1v) is 7.07. The van der Waals surface area contributed by atoms with E-state index in [2.05, 4.69) is 27.3 Å². The molecule has 1 aliphatic rings. The second-order valence-electron chi connectivity index (χ2n) is 5.36. The number of nitrogens with two attached hydrogens (primary N) is 1. The van der Waals surface area contributed by atoms with Gasteiger partial charge in [0.15, 0.2) is 5.82 Å². The fourth-order valence-corrected chi connectivity index (χ4v) is 2.74. The van der Waals surface area contributed by atoms with Gasteiger partial charge in [0, 0.05) is 18.0 Å². The minimum atomic E-state index is 0.585. The fraction of sp³-hybridized carbons (Fsp3) is 0.467. The number of H-pyrrole nitrogens is 1. The molecule has 0 bridgehead atoms. The van der Waals surface area contributed by atoms with Crippen LogP contribution in [-0.2, 0) is 12.8 Å². The molecule has 1 aromatic heterocycles. The Kier molecular flexibility index (Phi) is 3.49. The van der Waals surface area contributed by atoms with Crippen molar-refractivity contribution in [2.24, 2.45) is 0 Å². The number of aryl methyl sites for hydroxylation is 2. The molecule has 4 nitrogen and oxygen atoms in total. The maximum Gasteiger partial charge on any atom is 0.153 e. The first-order valence-electron chi connectivity index (χ1n) is 7.07. The van der Waals surface area contributed by atoms with Crippen molar-refractivity contribution in [2.45, 2.75) is 44.4 Å². The van der Waals surface area contributed by atoms with Gasteiger partial charge >= 0.3 is 0 Å². The summed E-state index contributed by atoms with van der Waals surface area (Å²) in [4.78, 5) is 4.63. The van der Waals surface area contributed by atoms with Crippen LogP contribution >= 0.6 is 0 Å². The fourth-order valence-electron chi connectivity index (χ4n) is 2.74. The van der Waals surface area contributed by atoms with Crippen LogP contribution in [0.25, 0.3) is 0 Å². The zero-order valence-corrected chi connectivity index (χ0v) is 11.1. The van der Waals surface area contributed by atoms with Crippen molar-refractivity contribution >= 4 is 5.69 Å². The maximum absolute atomic E-state index is 5.68. The highest BCUT2D eigenvalue weighted by molar-refractivity contribution is 5.39. The number of rotatable bonds is 4. The van der Waals surface area contributed by atoms with Gasteiger partial charge in [0.2, 0.25) is 0 Å². The van der Waals surface area contributed by atoms with E-state index in [4.69, 9.17) is 5.73 Å². The minimum absolute atomic E-state index is 0.585. The quantitative estimate of drug-likeness (QED) is 0.826. The summed E-state index contributed by atoms with van der Waals surface area (Å²) in [5.74, 6) is 2.60. The molecule has 0 aliphatic heterocycles. The molecule has 1 saturated carbocycles. The number of aromatic nitrogens is 3. The molecular weight excluding hydrogens is 236 g/mol. The van der Waals surface area contributed by atoms with Crippen LogP contribution in [0.5, 0.6) is 0 Å². The number of hydrogen-bond donors (Lipinski definition) is 2. The topological polar surface area (TPSA) is 67.6 Å². The molecule has 3 N–H and O–H groups in total. The number of hydrogen-bond acceptors (Lipinski definition) is 3. The molecular formula is C15H20N4. The second-order valence-corrected chi connectivity index (χ2v) is 5.36. The van der Waals surface area contributed by atoms with Gasteiger partial charge in [-0.25, -0.2) is 4.98 Å². The lowest BCUT2D eigenvalue weighted by molar-refractivity contribution is 0.671. The van der Waals surface area contributed by atoms with Gasteiger partial charge in [-0.1, -0.05) is 25.0 Å². The van der Waals surface area contributed by atoms with Crippen molar-refractivity contribution in [2.75, 3.05) is 5.73 Å². The van der Waals surface area contributed by atoms with Crippen LogP contribution in [0.15, 0.2) is 24.3 Å². The molecule has 19 heavy (non-hydrogen) atoms. The number of nitrogen functional groups attached to an aromatic ring is 1. The Labute approximate surface area is 113 Å². The number of aromatic amines is 1. The van der Waals surface area contributed by atoms with E-state index in [9.17, 15) is 0 Å². The van der Waals surface area contributed by atoms with Crippen LogP contribution in [0.3, 0.4) is 0 Å². The van der Waals surface area contributed by atoms with Crippen LogP contribution in [0.2, 0.25) is 0 Å². The van der Waals surface area contributed by atoms with Gasteiger partial charge in [0.25, 0.3) is 0 Å². The normalized spacial score (nSPS) is 16.0. The van der Waals surface area contributed by atoms with Crippen molar-refractivity contribution in [3.8, 4) is 0 Å². The monoisotopic (exact) mass is 256 g/mol. The summed E-state index contributed by atoms with van der Waals surface area (Å²) in [7, 11) is 0. The van der Waals surface area contributed by atoms with Crippen LogP contribution in [-0.4, -0.2) is 15.2 Å². The molecule has 0 spiro atoms. The highest BCUT2D eigenvalue weighted by Gasteiger charge is 2.20. The van der Waals surface area contributed by atoms with E-state index in [0.717, 1.165) is 30.2 Å². The predicted octanol–water partition coefficient (Wildman–Crippen LogP) is 2.83. The van der Waals surface area contributed by atoms with Crippen molar-refractivity contribution in [3.63, 3.8) is 0 Å². The molecule has 0 atom stereocenters. The van der Waals surface area contributed by atoms with Gasteiger partial charge in [-0.05, 0) is 37.0 Å². The lowest BCUT2D eigenvalue weighted by atomic mass is 10.1. The maximum atomic E-state index is 5.68. The smallest absolute Gasteiger partial charge is 0.153 e. The molecule has 0 saturated heterocycles. The number of benzene rings is 1. The summed E-state index contributed by atoms with van der Waals surface area (Å²) in [5, 5.41) is 7.45. The SMILES string of the molecule is Nc1ccc(CCc2nc(C3CCCC3)n[nH]2)cc1. The number of nitrogens with zero attached hydrogens (tertiary/aromatic N) is 2. The molecule has 0 radical (unpaired) electrons. The molecule has 2 aromatic rings. The van der Waals surface area contributed by atoms with Gasteiger partial charge in [0.1, 0.15) is 5.82 Å². The average Bonchev–Trinajstić information content (AvgIpc) is 3.09. The zero-order chi connectivity index (χ0) is 13.1. The standard InChI is InChI=1S/C15H20N4/c16-13-8-5-11(6-9-13)7-10-14-17-15(19-18-14)12-3-1-2-4-12/h5-6,8-9,12H,1-4,7,10,16H2,(H,17,18,19). The molecule has 0 amide bonds. The van der Waals surface area contributed by atoms with Crippen LogP contribution < -0.4 is 5.73 Å². The van der Waals surface area contributed by atoms with E-state index in [1.807, 2.05) is 12.1 Å². The van der Waals surface area contributed by atoms with Crippen LogP contribution in [0.4, 0.5) is 5.69 Å². The van der Waals surface area contributed by atoms with Crippen molar-refractivity contribution < 1.29 is 0 Å². The molecule has 1 fully saturated rings. The van der Waals surface area contributed by atoms with Crippen LogP contribution in [0.1, 0.15) is 48.8 Å². The van der Waals surface area contributed by atoms with Gasteiger partial charge in [-0.15, -0.1) is 0 Å². The summed E-state index contributed by atoms with van der Waals surface area (Å²) >= 11 is 0. The first kappa shape index (κ1) is 12.2. The highest BCUT2D eigenvalue weighted by Crippen LogP contribution is 2.31. The Morgan fingerprint density at radius 3 is 2.58 bits per heavy atom. The Hall–Kier alpha value is -1.84. The molecule has 3 rings (SSSR count). The Balaban J connectivity index is 1.59. The highest BCUT2D eigenvalue weighted by atomic mass is 15.2. The molecule has 1 aliphatic carbocycles. The van der Waals surface area contributed by atoms with Crippen molar-refractivity contribution in [1.82, 2.24) is 15.2 Å². The summed E-state index contributed by atoms with van der Waals surface area (Å²) in [6.07, 6.45) is 7.01. The van der Waals surface area contributed by atoms with Crippen molar-refractivity contribution in [3.05, 3.63) is 41.5 Å². The predicted molar refractivity (Wildman–Crippen MR) is 75.9 cm³/mol. The van der Waals surface area contributed by atoms with E-state index in [-0.39, 0.29) is 0 Å². The molecule has 1 heterocycles. The Bertz CT molecular complexity index is 523. The molecule has 4 heteroatoms. The zero-order valence-electron chi connectivity index (χ0n) is 11.1. The molecule has 1 aromatic carbocycles. The second kappa shape index (κ2) is 5.43. The molecule has 0 unspecified atom stereocenters. The summed E-state index contributed by atoms with van der Waals surface area (Å²) < 4.78 is 0. The lowest BCUT2D eigenvalue weighted by Gasteiger charge is -2.01. The number of nitrogens with one attached hydrogen (secondary N) is 1. The van der Waals surface area contributed by atoms with Crippen molar-refractivity contribution in [1.29, 1.82) is 0 Å². The van der Waals surface area contributed by atoms with Gasteiger partial charge in [0.05, 0.1) is 0 Å². The summed E-state index contributed by atoms with van der Waals surface area (Å²) in [6.45, 7) is 0. The third-order valence-electron chi connectivity index (χ3n) is 3.90. The minimum Gasteiger partial charge on any atom is -0.399 e. The van der Waals surface area contributed by atoms with Gasteiger partial charge in [-0.2, -0.15) is 5.10 Å². The largest absolute Gasteiger partial charge is 0.399 e. The van der Waals surface area contributed by atoms with E-state index in [0.29, 0.717) is 5.92 Å². The van der Waals surface area contributed by atoms with Crippen LogP contribution in [0, 0.1) is 0 Å². The summed E-state index contributed by atoms with van der Waals surface area (Å²) in [6, 6.07) is 8.03.